The summed E-state index contributed by atoms with van der Waals surface area (Å²) in [6, 6.07) is 15.5. The van der Waals surface area contributed by atoms with E-state index < -0.39 is 0 Å². The fraction of sp³-hybridized carbons (Fsp3) is 0.333. The number of carbonyl (C=O) groups is 3. The van der Waals surface area contributed by atoms with Gasteiger partial charge >= 0.3 is 0 Å². The highest BCUT2D eigenvalue weighted by Crippen LogP contribution is 2.22. The summed E-state index contributed by atoms with van der Waals surface area (Å²) in [6.07, 6.45) is 3.55. The molecule has 2 fully saturated rings. The summed E-state index contributed by atoms with van der Waals surface area (Å²) in [5.41, 5.74) is 2.52. The van der Waals surface area contributed by atoms with Crippen molar-refractivity contribution in [3.63, 3.8) is 0 Å². The molecule has 2 atom stereocenters. The molecule has 8 nitrogen and oxygen atoms in total. The molecule has 1 saturated carbocycles. The van der Waals surface area contributed by atoms with Crippen LogP contribution in [0.3, 0.4) is 0 Å². The first kappa shape index (κ1) is 24.2. The Morgan fingerprint density at radius 1 is 0.917 bits per heavy atom. The number of hydrogen-bond acceptors (Lipinski definition) is 5. The van der Waals surface area contributed by atoms with Crippen molar-refractivity contribution in [3.8, 4) is 0 Å². The number of halogens is 1. The minimum Gasteiger partial charge on any atom is -0.370 e. The summed E-state index contributed by atoms with van der Waals surface area (Å²) < 4.78 is 5.18. The largest absolute Gasteiger partial charge is 0.370 e. The van der Waals surface area contributed by atoms with Crippen LogP contribution in [0.15, 0.2) is 54.6 Å². The van der Waals surface area contributed by atoms with Gasteiger partial charge in [0.2, 0.25) is 0 Å². The van der Waals surface area contributed by atoms with Gasteiger partial charge < -0.3 is 20.3 Å². The first-order valence-electron chi connectivity index (χ1n) is 12.1. The number of carbonyl (C=O) groups excluding carboxylic acids is 3. The number of aromatic nitrogens is 1. The SMILES string of the molecule is O=C(NC1CCCCC1NC(=O)c1ccc2nc(Cl)ccc2c1)c1ccc(N2CCOCC2=O)cc1. The highest BCUT2D eigenvalue weighted by atomic mass is 35.5. The van der Waals surface area contributed by atoms with E-state index in [1.54, 1.807) is 53.4 Å². The Bertz CT molecular complexity index is 1300. The van der Waals surface area contributed by atoms with Crippen LogP contribution in [0.2, 0.25) is 5.15 Å². The third kappa shape index (κ3) is 5.34. The summed E-state index contributed by atoms with van der Waals surface area (Å²) in [4.78, 5) is 44.0. The van der Waals surface area contributed by atoms with Gasteiger partial charge in [-0.2, -0.15) is 0 Å². The van der Waals surface area contributed by atoms with Gasteiger partial charge in [0.25, 0.3) is 17.7 Å². The molecule has 2 aliphatic rings. The van der Waals surface area contributed by atoms with Crippen molar-refractivity contribution >= 4 is 45.9 Å². The van der Waals surface area contributed by atoms with E-state index in [1.807, 2.05) is 6.07 Å². The molecule has 36 heavy (non-hydrogen) atoms. The first-order valence-corrected chi connectivity index (χ1v) is 12.5. The summed E-state index contributed by atoms with van der Waals surface area (Å²) in [5.74, 6) is -0.474. The second-order valence-electron chi connectivity index (χ2n) is 9.13. The van der Waals surface area contributed by atoms with Gasteiger partial charge in [-0.05, 0) is 67.4 Å². The summed E-state index contributed by atoms with van der Waals surface area (Å²) in [6.45, 7) is 1.06. The zero-order valence-electron chi connectivity index (χ0n) is 19.7. The van der Waals surface area contributed by atoms with Gasteiger partial charge in [-0.3, -0.25) is 14.4 Å². The highest BCUT2D eigenvalue weighted by Gasteiger charge is 2.29. The number of fused-ring (bicyclic) bond motifs is 1. The zero-order chi connectivity index (χ0) is 25.1. The van der Waals surface area contributed by atoms with E-state index in [1.165, 1.54) is 0 Å². The number of ether oxygens (including phenoxy) is 1. The molecule has 3 amide bonds. The number of pyridine rings is 1. The normalized spacial score (nSPS) is 20.2. The standard InChI is InChI=1S/C27H27ClN4O4/c28-24-12-8-18-15-19(7-11-21(18)29-24)27(35)31-23-4-2-1-3-22(23)30-26(34)17-5-9-20(10-6-17)32-13-14-36-16-25(32)33/h5-12,15,22-23H,1-4,13-14,16H2,(H,30,34)(H,31,35). The molecule has 0 bridgehead atoms. The molecule has 186 valence electrons. The van der Waals surface area contributed by atoms with Crippen LogP contribution >= 0.6 is 11.6 Å². The molecule has 0 radical (unpaired) electrons. The fourth-order valence-corrected chi connectivity index (χ4v) is 4.96. The smallest absolute Gasteiger partial charge is 0.253 e. The molecule has 2 N–H and O–H groups in total. The van der Waals surface area contributed by atoms with Crippen LogP contribution in [-0.4, -0.2) is 54.5 Å². The van der Waals surface area contributed by atoms with Crippen molar-refractivity contribution in [2.45, 2.75) is 37.8 Å². The lowest BCUT2D eigenvalue weighted by Crippen LogP contribution is -2.53. The van der Waals surface area contributed by atoms with Crippen LogP contribution in [0.5, 0.6) is 0 Å². The van der Waals surface area contributed by atoms with Gasteiger partial charge in [0, 0.05) is 40.8 Å². The summed E-state index contributed by atoms with van der Waals surface area (Å²) >= 11 is 5.96. The third-order valence-corrected chi connectivity index (χ3v) is 6.95. The van der Waals surface area contributed by atoms with Crippen LogP contribution in [-0.2, 0) is 9.53 Å². The predicted octanol–water partition coefficient (Wildman–Crippen LogP) is 3.72. The average molecular weight is 507 g/mol. The van der Waals surface area contributed by atoms with E-state index in [2.05, 4.69) is 15.6 Å². The maximum Gasteiger partial charge on any atom is 0.253 e. The molecule has 2 aromatic carbocycles. The van der Waals surface area contributed by atoms with Gasteiger partial charge in [0.1, 0.15) is 11.8 Å². The quantitative estimate of drug-likeness (QED) is 0.514. The summed E-state index contributed by atoms with van der Waals surface area (Å²) in [7, 11) is 0. The van der Waals surface area contributed by atoms with Gasteiger partial charge in [0.15, 0.2) is 0 Å². The van der Waals surface area contributed by atoms with Crippen LogP contribution in [0.25, 0.3) is 10.9 Å². The molecule has 0 spiro atoms. The average Bonchev–Trinajstić information content (AvgIpc) is 2.90. The monoisotopic (exact) mass is 506 g/mol. The van der Waals surface area contributed by atoms with Crippen LogP contribution in [0, 0.1) is 0 Å². The molecule has 2 unspecified atom stereocenters. The minimum absolute atomic E-state index is 0.0709. The Morgan fingerprint density at radius 2 is 1.58 bits per heavy atom. The molecule has 9 heteroatoms. The summed E-state index contributed by atoms with van der Waals surface area (Å²) in [5, 5.41) is 7.47. The van der Waals surface area contributed by atoms with E-state index in [-0.39, 0.29) is 36.4 Å². The fourth-order valence-electron chi connectivity index (χ4n) is 4.81. The molecule has 5 rings (SSSR count). The Balaban J connectivity index is 1.24. The van der Waals surface area contributed by atoms with E-state index in [0.29, 0.717) is 29.4 Å². The lowest BCUT2D eigenvalue weighted by atomic mass is 9.89. The number of nitrogens with zero attached hydrogens (tertiary/aromatic N) is 2. The molecule has 3 aromatic rings. The number of anilines is 1. The first-order chi connectivity index (χ1) is 17.5. The van der Waals surface area contributed by atoms with Crippen molar-refractivity contribution in [2.75, 3.05) is 24.7 Å². The zero-order valence-corrected chi connectivity index (χ0v) is 20.5. The van der Waals surface area contributed by atoms with Crippen molar-refractivity contribution in [3.05, 3.63) is 70.9 Å². The van der Waals surface area contributed by atoms with Crippen LogP contribution in [0.4, 0.5) is 5.69 Å². The molecular formula is C27H27ClN4O4. The number of rotatable bonds is 5. The Morgan fingerprint density at radius 3 is 2.28 bits per heavy atom. The minimum atomic E-state index is -0.199. The number of amides is 3. The van der Waals surface area contributed by atoms with Crippen molar-refractivity contribution in [1.82, 2.24) is 15.6 Å². The number of nitrogens with one attached hydrogen (secondary N) is 2. The van der Waals surface area contributed by atoms with Crippen LogP contribution in [0.1, 0.15) is 46.4 Å². The molecule has 1 saturated heterocycles. The van der Waals surface area contributed by atoms with E-state index >= 15 is 0 Å². The number of morpholine rings is 1. The van der Waals surface area contributed by atoms with E-state index in [4.69, 9.17) is 16.3 Å². The molecule has 1 aliphatic heterocycles. The Hall–Kier alpha value is -3.49. The van der Waals surface area contributed by atoms with Gasteiger partial charge in [-0.1, -0.05) is 24.4 Å². The van der Waals surface area contributed by atoms with Crippen molar-refractivity contribution in [2.24, 2.45) is 0 Å². The second-order valence-corrected chi connectivity index (χ2v) is 9.52. The maximum absolute atomic E-state index is 13.0. The Labute approximate surface area is 214 Å². The van der Waals surface area contributed by atoms with Gasteiger partial charge in [-0.25, -0.2) is 4.98 Å². The van der Waals surface area contributed by atoms with Crippen molar-refractivity contribution in [1.29, 1.82) is 0 Å². The third-order valence-electron chi connectivity index (χ3n) is 6.74. The number of benzene rings is 2. The molecular weight excluding hydrogens is 480 g/mol. The van der Waals surface area contributed by atoms with Gasteiger partial charge in [-0.15, -0.1) is 0 Å². The predicted molar refractivity (Wildman–Crippen MR) is 137 cm³/mol. The number of hydrogen-bond donors (Lipinski definition) is 2. The van der Waals surface area contributed by atoms with E-state index in [9.17, 15) is 14.4 Å². The second kappa shape index (κ2) is 10.6. The van der Waals surface area contributed by atoms with Crippen LogP contribution < -0.4 is 15.5 Å². The molecule has 1 aromatic heterocycles. The lowest BCUT2D eigenvalue weighted by Gasteiger charge is -2.33. The van der Waals surface area contributed by atoms with Crippen molar-refractivity contribution < 1.29 is 19.1 Å². The van der Waals surface area contributed by atoms with Gasteiger partial charge in [0.05, 0.1) is 12.1 Å². The van der Waals surface area contributed by atoms with E-state index in [0.717, 1.165) is 42.3 Å². The lowest BCUT2D eigenvalue weighted by molar-refractivity contribution is -0.125. The Kier molecular flexibility index (Phi) is 7.16. The topological polar surface area (TPSA) is 101 Å². The highest BCUT2D eigenvalue weighted by molar-refractivity contribution is 6.29. The maximum atomic E-state index is 13.0. The molecule has 2 heterocycles. The molecule has 1 aliphatic carbocycles.